The van der Waals surface area contributed by atoms with Gasteiger partial charge in [0.2, 0.25) is 10.0 Å². The fourth-order valence-corrected chi connectivity index (χ4v) is 6.00. The van der Waals surface area contributed by atoms with Crippen LogP contribution in [-0.2, 0) is 20.0 Å². The molecule has 1 fully saturated rings. The third-order valence-electron chi connectivity index (χ3n) is 4.83. The molecule has 0 unspecified atom stereocenters. The highest BCUT2D eigenvalue weighted by Gasteiger charge is 2.28. The van der Waals surface area contributed by atoms with Gasteiger partial charge in [0.05, 0.1) is 18.6 Å². The van der Waals surface area contributed by atoms with E-state index in [2.05, 4.69) is 4.72 Å². The maximum absolute atomic E-state index is 13.0. The van der Waals surface area contributed by atoms with Crippen LogP contribution >= 0.6 is 0 Å². The number of anilines is 2. The summed E-state index contributed by atoms with van der Waals surface area (Å²) in [5, 5.41) is 0. The molecule has 1 aliphatic rings. The molecule has 7 nitrogen and oxygen atoms in total. The number of benzene rings is 2. The third-order valence-corrected chi connectivity index (χ3v) is 8.11. The minimum Gasteiger partial charge on any atom is -0.495 e. The molecule has 1 N–H and O–H groups in total. The average Bonchev–Trinajstić information content (AvgIpc) is 2.64. The average molecular weight is 425 g/mol. The molecule has 0 saturated carbocycles. The molecule has 9 heteroatoms. The molecule has 2 aromatic carbocycles. The zero-order chi connectivity index (χ0) is 20.5. The number of hydrogen-bond acceptors (Lipinski definition) is 5. The largest absolute Gasteiger partial charge is 0.495 e. The maximum Gasteiger partial charge on any atom is 0.265 e. The molecular formula is C19H24N2O5S2. The van der Waals surface area contributed by atoms with Crippen molar-refractivity contribution < 1.29 is 21.6 Å². The molecule has 0 aromatic heterocycles. The number of ether oxygens (including phenoxy) is 1. The highest BCUT2D eigenvalue weighted by Crippen LogP contribution is 2.33. The van der Waals surface area contributed by atoms with E-state index in [9.17, 15) is 16.8 Å². The molecule has 0 aliphatic carbocycles. The molecule has 0 amide bonds. The van der Waals surface area contributed by atoms with E-state index in [1.807, 2.05) is 19.9 Å². The van der Waals surface area contributed by atoms with Gasteiger partial charge in [0.15, 0.2) is 0 Å². The molecule has 1 heterocycles. The topological polar surface area (TPSA) is 92.8 Å². The Kier molecular flexibility index (Phi) is 5.58. The Balaban J connectivity index is 2.02. The van der Waals surface area contributed by atoms with Crippen molar-refractivity contribution in [2.24, 2.45) is 0 Å². The molecule has 0 spiro atoms. The molecule has 0 bridgehead atoms. The van der Waals surface area contributed by atoms with Gasteiger partial charge in [-0.25, -0.2) is 16.8 Å². The SMILES string of the molecule is COc1ccc(N2CCCCS2(=O)=O)cc1S(=O)(=O)Nc1ccc(C)c(C)c1. The number of methoxy groups -OCH3 is 1. The minimum absolute atomic E-state index is 0.0575. The summed E-state index contributed by atoms with van der Waals surface area (Å²) < 4.78 is 59.8. The first-order chi connectivity index (χ1) is 13.1. The van der Waals surface area contributed by atoms with Gasteiger partial charge >= 0.3 is 0 Å². The normalized spacial score (nSPS) is 16.6. The predicted molar refractivity (Wildman–Crippen MR) is 110 cm³/mol. The maximum atomic E-state index is 13.0. The highest BCUT2D eigenvalue weighted by molar-refractivity contribution is 7.93. The summed E-state index contributed by atoms with van der Waals surface area (Å²) in [4.78, 5) is -0.105. The van der Waals surface area contributed by atoms with Crippen LogP contribution in [0.3, 0.4) is 0 Å². The Labute approximate surface area is 166 Å². The fraction of sp³-hybridized carbons (Fsp3) is 0.368. The van der Waals surface area contributed by atoms with E-state index < -0.39 is 20.0 Å². The van der Waals surface area contributed by atoms with Crippen LogP contribution in [0.25, 0.3) is 0 Å². The lowest BCUT2D eigenvalue weighted by Gasteiger charge is -2.28. The number of hydrogen-bond donors (Lipinski definition) is 1. The Morgan fingerprint density at radius 3 is 2.43 bits per heavy atom. The Hall–Kier alpha value is -2.26. The van der Waals surface area contributed by atoms with Gasteiger partial charge in [-0.2, -0.15) is 0 Å². The lowest BCUT2D eigenvalue weighted by atomic mass is 10.1. The minimum atomic E-state index is -3.98. The standard InChI is InChI=1S/C19H24N2O5S2/c1-14-6-7-16(12-15(14)2)20-28(24,25)19-13-17(8-9-18(19)26-3)21-10-4-5-11-27(21,22)23/h6-9,12-13,20H,4-5,10-11H2,1-3H3. The van der Waals surface area contributed by atoms with Crippen LogP contribution < -0.4 is 13.8 Å². The quantitative estimate of drug-likeness (QED) is 0.796. The van der Waals surface area contributed by atoms with E-state index in [0.29, 0.717) is 24.3 Å². The van der Waals surface area contributed by atoms with Gasteiger partial charge < -0.3 is 4.74 Å². The Bertz CT molecular complexity index is 1100. The summed E-state index contributed by atoms with van der Waals surface area (Å²) in [5.41, 5.74) is 2.76. The van der Waals surface area contributed by atoms with Gasteiger partial charge in [0.25, 0.3) is 10.0 Å². The van der Waals surface area contributed by atoms with Crippen molar-refractivity contribution in [3.8, 4) is 5.75 Å². The highest BCUT2D eigenvalue weighted by atomic mass is 32.2. The smallest absolute Gasteiger partial charge is 0.265 e. The summed E-state index contributed by atoms with van der Waals surface area (Å²) in [6.45, 7) is 4.17. The molecule has 3 rings (SSSR count). The first kappa shape index (κ1) is 20.5. The number of sulfonamides is 2. The van der Waals surface area contributed by atoms with Crippen molar-refractivity contribution in [3.05, 3.63) is 47.5 Å². The van der Waals surface area contributed by atoms with Crippen molar-refractivity contribution >= 4 is 31.4 Å². The summed E-state index contributed by atoms with van der Waals surface area (Å²) in [6.07, 6.45) is 1.34. The molecule has 1 saturated heterocycles. The number of nitrogens with one attached hydrogen (secondary N) is 1. The van der Waals surface area contributed by atoms with Gasteiger partial charge in [0.1, 0.15) is 10.6 Å². The first-order valence-electron chi connectivity index (χ1n) is 8.92. The van der Waals surface area contributed by atoms with Crippen molar-refractivity contribution in [1.29, 1.82) is 0 Å². The molecule has 152 valence electrons. The fourth-order valence-electron chi connectivity index (χ4n) is 3.12. The summed E-state index contributed by atoms with van der Waals surface area (Å²) >= 11 is 0. The first-order valence-corrected chi connectivity index (χ1v) is 12.0. The molecule has 0 radical (unpaired) electrons. The number of nitrogens with zero attached hydrogens (tertiary/aromatic N) is 1. The lowest BCUT2D eigenvalue weighted by Crippen LogP contribution is -2.37. The van der Waals surface area contributed by atoms with Crippen molar-refractivity contribution in [2.45, 2.75) is 31.6 Å². The van der Waals surface area contributed by atoms with Crippen LogP contribution in [0.5, 0.6) is 5.75 Å². The van der Waals surface area contributed by atoms with E-state index in [1.165, 1.54) is 23.5 Å². The molecule has 2 aromatic rings. The Morgan fingerprint density at radius 2 is 1.79 bits per heavy atom. The predicted octanol–water partition coefficient (Wildman–Crippen LogP) is 3.04. The van der Waals surface area contributed by atoms with Crippen molar-refractivity contribution in [1.82, 2.24) is 0 Å². The second-order valence-corrected chi connectivity index (χ2v) is 10.5. The summed E-state index contributed by atoms with van der Waals surface area (Å²) in [6, 6.07) is 9.67. The van der Waals surface area contributed by atoms with Crippen LogP contribution in [0.1, 0.15) is 24.0 Å². The lowest BCUT2D eigenvalue weighted by molar-refractivity contribution is 0.403. The third kappa shape index (κ3) is 4.10. The van der Waals surface area contributed by atoms with Crippen LogP contribution in [0, 0.1) is 13.8 Å². The molecular weight excluding hydrogens is 400 g/mol. The van der Waals surface area contributed by atoms with Crippen LogP contribution in [0.4, 0.5) is 11.4 Å². The van der Waals surface area contributed by atoms with Crippen molar-refractivity contribution in [3.63, 3.8) is 0 Å². The van der Waals surface area contributed by atoms with Gasteiger partial charge in [0, 0.05) is 12.2 Å². The van der Waals surface area contributed by atoms with E-state index in [1.54, 1.807) is 18.2 Å². The van der Waals surface area contributed by atoms with E-state index >= 15 is 0 Å². The van der Waals surface area contributed by atoms with E-state index in [0.717, 1.165) is 17.5 Å². The van der Waals surface area contributed by atoms with Gasteiger partial charge in [-0.1, -0.05) is 6.07 Å². The van der Waals surface area contributed by atoms with Crippen molar-refractivity contribution in [2.75, 3.05) is 28.4 Å². The Morgan fingerprint density at radius 1 is 1.04 bits per heavy atom. The molecule has 0 atom stereocenters. The van der Waals surface area contributed by atoms with Crippen LogP contribution in [0.15, 0.2) is 41.3 Å². The molecule has 28 heavy (non-hydrogen) atoms. The number of rotatable bonds is 5. The van der Waals surface area contributed by atoms with Gasteiger partial charge in [-0.3, -0.25) is 9.03 Å². The van der Waals surface area contributed by atoms with Gasteiger partial charge in [-0.05, 0) is 68.1 Å². The monoisotopic (exact) mass is 424 g/mol. The van der Waals surface area contributed by atoms with E-state index in [-0.39, 0.29) is 16.4 Å². The summed E-state index contributed by atoms with van der Waals surface area (Å²) in [7, 11) is -6.05. The van der Waals surface area contributed by atoms with Gasteiger partial charge in [-0.15, -0.1) is 0 Å². The van der Waals surface area contributed by atoms with Crippen LogP contribution in [-0.4, -0.2) is 36.2 Å². The van der Waals surface area contributed by atoms with E-state index in [4.69, 9.17) is 4.74 Å². The second kappa shape index (κ2) is 7.63. The second-order valence-electron chi connectivity index (χ2n) is 6.83. The molecule has 1 aliphatic heterocycles. The zero-order valence-corrected chi connectivity index (χ0v) is 17.7. The summed E-state index contributed by atoms with van der Waals surface area (Å²) in [5.74, 6) is 0.205. The van der Waals surface area contributed by atoms with Crippen LogP contribution in [0.2, 0.25) is 0 Å². The zero-order valence-electron chi connectivity index (χ0n) is 16.1. The number of aryl methyl sites for hydroxylation is 2.